The van der Waals surface area contributed by atoms with Gasteiger partial charge in [0, 0.05) is 11.5 Å². The number of aromatic nitrogens is 2. The van der Waals surface area contributed by atoms with Gasteiger partial charge in [-0.2, -0.15) is 0 Å². The smallest absolute Gasteiger partial charge is 0.142 e. The molecule has 1 aromatic heterocycles. The molecule has 4 heteroatoms. The molecule has 86 valence electrons. The van der Waals surface area contributed by atoms with Gasteiger partial charge in [0.1, 0.15) is 11.6 Å². The Hall–Kier alpha value is -1.42. The van der Waals surface area contributed by atoms with E-state index in [2.05, 4.69) is 25.9 Å². The van der Waals surface area contributed by atoms with Gasteiger partial charge in [0.05, 0.1) is 10.2 Å². The summed E-state index contributed by atoms with van der Waals surface area (Å²) in [5.74, 6) is 1.91. The van der Waals surface area contributed by atoms with Crippen LogP contribution in [0.25, 0.3) is 11.3 Å². The molecule has 0 atom stereocenters. The lowest BCUT2D eigenvalue weighted by Gasteiger charge is -2.08. The summed E-state index contributed by atoms with van der Waals surface area (Å²) in [5.41, 5.74) is 7.88. The van der Waals surface area contributed by atoms with Crippen molar-refractivity contribution in [2.75, 3.05) is 5.73 Å². The van der Waals surface area contributed by atoms with Crippen molar-refractivity contribution in [2.45, 2.75) is 18.8 Å². The SMILES string of the molecule is Nc1nc(C2CC2)nc(-c2ccccc2)c1Br. The second kappa shape index (κ2) is 4.11. The molecule has 1 saturated carbocycles. The van der Waals surface area contributed by atoms with Crippen molar-refractivity contribution in [2.24, 2.45) is 0 Å². The molecule has 0 unspecified atom stereocenters. The Morgan fingerprint density at radius 2 is 1.82 bits per heavy atom. The highest BCUT2D eigenvalue weighted by Gasteiger charge is 2.28. The summed E-state index contributed by atoms with van der Waals surface area (Å²) in [6, 6.07) is 10.0. The predicted octanol–water partition coefficient (Wildman–Crippen LogP) is 3.37. The molecule has 0 bridgehead atoms. The summed E-state index contributed by atoms with van der Waals surface area (Å²) in [4.78, 5) is 8.97. The van der Waals surface area contributed by atoms with Crippen LogP contribution in [0, 0.1) is 0 Å². The Morgan fingerprint density at radius 3 is 2.47 bits per heavy atom. The van der Waals surface area contributed by atoms with E-state index in [4.69, 9.17) is 5.73 Å². The molecular weight excluding hydrogens is 278 g/mol. The first-order valence-corrected chi connectivity index (χ1v) is 6.43. The van der Waals surface area contributed by atoms with E-state index < -0.39 is 0 Å². The zero-order valence-electron chi connectivity index (χ0n) is 9.23. The van der Waals surface area contributed by atoms with Gasteiger partial charge < -0.3 is 5.73 Å². The van der Waals surface area contributed by atoms with Crippen molar-refractivity contribution in [3.8, 4) is 11.3 Å². The fourth-order valence-electron chi connectivity index (χ4n) is 1.79. The van der Waals surface area contributed by atoms with E-state index >= 15 is 0 Å². The van der Waals surface area contributed by atoms with Gasteiger partial charge in [-0.05, 0) is 28.8 Å². The standard InChI is InChI=1S/C13H12BrN3/c14-10-11(8-4-2-1-3-5-8)16-13(9-6-7-9)17-12(10)15/h1-5,9H,6-7H2,(H2,15,16,17). The Morgan fingerprint density at radius 1 is 1.12 bits per heavy atom. The summed E-state index contributed by atoms with van der Waals surface area (Å²) in [5, 5.41) is 0. The van der Waals surface area contributed by atoms with E-state index in [0.717, 1.165) is 21.6 Å². The normalized spacial score (nSPS) is 14.9. The van der Waals surface area contributed by atoms with Crippen LogP contribution < -0.4 is 5.73 Å². The van der Waals surface area contributed by atoms with Crippen LogP contribution >= 0.6 is 15.9 Å². The predicted molar refractivity (Wildman–Crippen MR) is 71.6 cm³/mol. The van der Waals surface area contributed by atoms with Gasteiger partial charge in [-0.3, -0.25) is 0 Å². The van der Waals surface area contributed by atoms with Crippen LogP contribution in [0.4, 0.5) is 5.82 Å². The molecule has 17 heavy (non-hydrogen) atoms. The summed E-state index contributed by atoms with van der Waals surface area (Å²) >= 11 is 3.47. The fourth-order valence-corrected chi connectivity index (χ4v) is 2.20. The molecule has 1 aliphatic carbocycles. The molecule has 1 aliphatic rings. The number of nitrogen functional groups attached to an aromatic ring is 1. The van der Waals surface area contributed by atoms with Gasteiger partial charge in [0.25, 0.3) is 0 Å². The summed E-state index contributed by atoms with van der Waals surface area (Å²) in [6.07, 6.45) is 2.35. The van der Waals surface area contributed by atoms with Crippen molar-refractivity contribution in [3.05, 3.63) is 40.6 Å². The first-order chi connectivity index (χ1) is 8.25. The quantitative estimate of drug-likeness (QED) is 0.922. The highest BCUT2D eigenvalue weighted by molar-refractivity contribution is 9.10. The highest BCUT2D eigenvalue weighted by Crippen LogP contribution is 2.40. The topological polar surface area (TPSA) is 51.8 Å². The molecule has 2 N–H and O–H groups in total. The molecule has 2 aromatic rings. The minimum Gasteiger partial charge on any atom is -0.383 e. The summed E-state index contributed by atoms with van der Waals surface area (Å²) in [7, 11) is 0. The molecule has 1 aromatic carbocycles. The molecule has 3 rings (SSSR count). The Balaban J connectivity index is 2.14. The van der Waals surface area contributed by atoms with Gasteiger partial charge >= 0.3 is 0 Å². The molecule has 1 fully saturated rings. The summed E-state index contributed by atoms with van der Waals surface area (Å²) in [6.45, 7) is 0. The van der Waals surface area contributed by atoms with Crippen molar-refractivity contribution >= 4 is 21.7 Å². The Labute approximate surface area is 108 Å². The van der Waals surface area contributed by atoms with Gasteiger partial charge in [-0.1, -0.05) is 30.3 Å². The van der Waals surface area contributed by atoms with E-state index in [-0.39, 0.29) is 0 Å². The Bertz CT molecular complexity index is 550. The van der Waals surface area contributed by atoms with Gasteiger partial charge in [-0.15, -0.1) is 0 Å². The van der Waals surface area contributed by atoms with Crippen LogP contribution in [0.5, 0.6) is 0 Å². The highest BCUT2D eigenvalue weighted by atomic mass is 79.9. The molecule has 0 amide bonds. The molecule has 0 radical (unpaired) electrons. The monoisotopic (exact) mass is 289 g/mol. The number of hydrogen-bond acceptors (Lipinski definition) is 3. The molecule has 0 spiro atoms. The van der Waals surface area contributed by atoms with Crippen molar-refractivity contribution in [1.29, 1.82) is 0 Å². The molecule has 1 heterocycles. The maximum absolute atomic E-state index is 5.93. The van der Waals surface area contributed by atoms with Crippen LogP contribution in [-0.2, 0) is 0 Å². The number of nitrogens with two attached hydrogens (primary N) is 1. The van der Waals surface area contributed by atoms with Crippen LogP contribution in [0.15, 0.2) is 34.8 Å². The van der Waals surface area contributed by atoms with Gasteiger partial charge in [-0.25, -0.2) is 9.97 Å². The van der Waals surface area contributed by atoms with Crippen molar-refractivity contribution < 1.29 is 0 Å². The third-order valence-electron chi connectivity index (χ3n) is 2.88. The number of nitrogens with zero attached hydrogens (tertiary/aromatic N) is 2. The number of benzene rings is 1. The number of hydrogen-bond donors (Lipinski definition) is 1. The van der Waals surface area contributed by atoms with Gasteiger partial charge in [0.2, 0.25) is 0 Å². The zero-order valence-corrected chi connectivity index (χ0v) is 10.8. The van der Waals surface area contributed by atoms with Crippen LogP contribution in [0.3, 0.4) is 0 Å². The largest absolute Gasteiger partial charge is 0.383 e. The Kier molecular flexibility index (Phi) is 2.59. The number of rotatable bonds is 2. The van der Waals surface area contributed by atoms with E-state index in [1.165, 1.54) is 12.8 Å². The lowest BCUT2D eigenvalue weighted by atomic mass is 10.1. The fraction of sp³-hybridized carbons (Fsp3) is 0.231. The molecular formula is C13H12BrN3. The second-order valence-corrected chi connectivity index (χ2v) is 5.06. The van der Waals surface area contributed by atoms with Gasteiger partial charge in [0.15, 0.2) is 0 Å². The van der Waals surface area contributed by atoms with Crippen molar-refractivity contribution in [3.63, 3.8) is 0 Å². The average molecular weight is 290 g/mol. The maximum atomic E-state index is 5.93. The van der Waals surface area contributed by atoms with Crippen LogP contribution in [0.2, 0.25) is 0 Å². The van der Waals surface area contributed by atoms with E-state index in [1.807, 2.05) is 30.3 Å². The minimum absolute atomic E-state index is 0.507. The average Bonchev–Trinajstić information content (AvgIpc) is 3.18. The second-order valence-electron chi connectivity index (χ2n) is 4.27. The maximum Gasteiger partial charge on any atom is 0.142 e. The van der Waals surface area contributed by atoms with E-state index in [0.29, 0.717) is 11.7 Å². The van der Waals surface area contributed by atoms with Crippen LogP contribution in [0.1, 0.15) is 24.6 Å². The number of halogens is 1. The minimum atomic E-state index is 0.507. The lowest BCUT2D eigenvalue weighted by molar-refractivity contribution is 0.932. The van der Waals surface area contributed by atoms with E-state index in [1.54, 1.807) is 0 Å². The number of anilines is 1. The van der Waals surface area contributed by atoms with Crippen LogP contribution in [-0.4, -0.2) is 9.97 Å². The summed E-state index contributed by atoms with van der Waals surface area (Å²) < 4.78 is 0.785. The molecule has 3 nitrogen and oxygen atoms in total. The van der Waals surface area contributed by atoms with E-state index in [9.17, 15) is 0 Å². The van der Waals surface area contributed by atoms with Crippen molar-refractivity contribution in [1.82, 2.24) is 9.97 Å². The lowest BCUT2D eigenvalue weighted by Crippen LogP contribution is -2.02. The molecule has 0 aliphatic heterocycles. The zero-order chi connectivity index (χ0) is 11.8. The third kappa shape index (κ3) is 2.05. The third-order valence-corrected chi connectivity index (χ3v) is 3.67. The molecule has 0 saturated heterocycles. The first kappa shape index (κ1) is 10.7. The first-order valence-electron chi connectivity index (χ1n) is 5.64.